The van der Waals surface area contributed by atoms with Gasteiger partial charge < -0.3 is 10.4 Å². The number of carbonyl (C=O) groups excluding carboxylic acids is 1. The van der Waals surface area contributed by atoms with Gasteiger partial charge in [-0.2, -0.15) is 0 Å². The number of aromatic nitrogens is 1. The van der Waals surface area contributed by atoms with E-state index < -0.39 is 23.5 Å². The maximum Gasteiger partial charge on any atom is 0.337 e. The van der Waals surface area contributed by atoms with Crippen LogP contribution in [0.15, 0.2) is 42.6 Å². The lowest BCUT2D eigenvalue weighted by molar-refractivity contribution is 0.0697. The van der Waals surface area contributed by atoms with Crippen molar-refractivity contribution in [2.45, 2.75) is 0 Å². The molecule has 0 radical (unpaired) electrons. The van der Waals surface area contributed by atoms with Gasteiger partial charge in [0.2, 0.25) is 0 Å². The van der Waals surface area contributed by atoms with Crippen molar-refractivity contribution in [1.82, 2.24) is 4.98 Å². The van der Waals surface area contributed by atoms with Gasteiger partial charge in [-0.15, -0.1) is 0 Å². The van der Waals surface area contributed by atoms with E-state index in [4.69, 9.17) is 5.11 Å². The number of carboxylic acid groups (broad SMARTS) is 1. The predicted molar refractivity (Wildman–Crippen MR) is 70.2 cm³/mol. The topological polar surface area (TPSA) is 91.3 Å². The molecule has 0 unspecified atom stereocenters. The molecule has 0 aliphatic heterocycles. The van der Waals surface area contributed by atoms with E-state index >= 15 is 0 Å². The maximum atomic E-state index is 13.6. The van der Waals surface area contributed by atoms with E-state index in [0.29, 0.717) is 0 Å². The molecule has 0 spiro atoms. The van der Waals surface area contributed by atoms with Gasteiger partial charge in [-0.25, -0.2) is 19.0 Å². The fraction of sp³-hybridized carbons (Fsp3) is 0. The van der Waals surface area contributed by atoms with Crippen molar-refractivity contribution in [2.75, 3.05) is 10.6 Å². The highest BCUT2D eigenvalue weighted by atomic mass is 19.1. The van der Waals surface area contributed by atoms with Crippen LogP contribution in [-0.4, -0.2) is 22.1 Å². The van der Waals surface area contributed by atoms with Crippen LogP contribution >= 0.6 is 0 Å². The van der Waals surface area contributed by atoms with Crippen LogP contribution in [0.25, 0.3) is 0 Å². The van der Waals surface area contributed by atoms with Crippen LogP contribution in [0.4, 0.5) is 20.7 Å². The SMILES string of the molecule is O=C(Nc1ccccn1)Nc1c(F)cccc1C(=O)O. The fourth-order valence-corrected chi connectivity index (χ4v) is 1.53. The minimum atomic E-state index is -1.34. The van der Waals surface area contributed by atoms with Crippen molar-refractivity contribution in [3.05, 3.63) is 54.0 Å². The van der Waals surface area contributed by atoms with Crippen molar-refractivity contribution < 1.29 is 19.1 Å². The Morgan fingerprint density at radius 2 is 1.90 bits per heavy atom. The van der Waals surface area contributed by atoms with Gasteiger partial charge in [0, 0.05) is 6.20 Å². The average Bonchev–Trinajstić information content (AvgIpc) is 2.42. The minimum Gasteiger partial charge on any atom is -0.478 e. The van der Waals surface area contributed by atoms with Crippen LogP contribution in [0.5, 0.6) is 0 Å². The third-order valence-electron chi connectivity index (χ3n) is 2.39. The quantitative estimate of drug-likeness (QED) is 0.802. The van der Waals surface area contributed by atoms with Crippen molar-refractivity contribution >= 4 is 23.5 Å². The van der Waals surface area contributed by atoms with Gasteiger partial charge in [-0.1, -0.05) is 12.1 Å². The summed E-state index contributed by atoms with van der Waals surface area (Å²) in [4.78, 5) is 26.5. The molecule has 0 saturated heterocycles. The zero-order valence-corrected chi connectivity index (χ0v) is 10.1. The third kappa shape index (κ3) is 3.08. The van der Waals surface area contributed by atoms with Gasteiger partial charge in [-0.05, 0) is 24.3 Å². The van der Waals surface area contributed by atoms with Crippen molar-refractivity contribution in [3.63, 3.8) is 0 Å². The molecule has 20 heavy (non-hydrogen) atoms. The first-order valence-electron chi connectivity index (χ1n) is 5.59. The smallest absolute Gasteiger partial charge is 0.337 e. The van der Waals surface area contributed by atoms with E-state index in [2.05, 4.69) is 15.6 Å². The van der Waals surface area contributed by atoms with Gasteiger partial charge in [0.05, 0.1) is 11.3 Å². The molecule has 1 aromatic heterocycles. The van der Waals surface area contributed by atoms with E-state index in [1.54, 1.807) is 18.2 Å². The number of para-hydroxylation sites is 1. The summed E-state index contributed by atoms with van der Waals surface area (Å²) in [7, 11) is 0. The minimum absolute atomic E-state index is 0.262. The van der Waals surface area contributed by atoms with Gasteiger partial charge in [-0.3, -0.25) is 5.32 Å². The first-order valence-corrected chi connectivity index (χ1v) is 5.59. The number of amides is 2. The fourth-order valence-electron chi connectivity index (χ4n) is 1.53. The number of hydrogen-bond acceptors (Lipinski definition) is 3. The van der Waals surface area contributed by atoms with E-state index in [1.807, 2.05) is 0 Å². The number of hydrogen-bond donors (Lipinski definition) is 3. The second-order valence-corrected chi connectivity index (χ2v) is 3.76. The number of pyridine rings is 1. The summed E-state index contributed by atoms with van der Waals surface area (Å²) in [5, 5.41) is 13.5. The highest BCUT2D eigenvalue weighted by Gasteiger charge is 2.16. The Morgan fingerprint density at radius 1 is 1.10 bits per heavy atom. The van der Waals surface area contributed by atoms with Crippen LogP contribution in [0.1, 0.15) is 10.4 Å². The lowest BCUT2D eigenvalue weighted by Crippen LogP contribution is -2.22. The van der Waals surface area contributed by atoms with Crippen LogP contribution in [0.2, 0.25) is 0 Å². The summed E-state index contributed by atoms with van der Waals surface area (Å²) in [6, 6.07) is 7.59. The first-order chi connectivity index (χ1) is 9.58. The molecular weight excluding hydrogens is 265 g/mol. The molecular formula is C13H10FN3O3. The third-order valence-corrected chi connectivity index (χ3v) is 2.39. The number of rotatable bonds is 3. The Labute approximate surface area is 113 Å². The number of benzene rings is 1. The average molecular weight is 275 g/mol. The molecule has 2 rings (SSSR count). The number of urea groups is 1. The number of anilines is 2. The second-order valence-electron chi connectivity index (χ2n) is 3.76. The Balaban J connectivity index is 2.18. The van der Waals surface area contributed by atoms with E-state index in [1.165, 1.54) is 18.3 Å². The molecule has 0 saturated carbocycles. The molecule has 0 aliphatic rings. The zero-order valence-electron chi connectivity index (χ0n) is 10.1. The van der Waals surface area contributed by atoms with Crippen molar-refractivity contribution in [1.29, 1.82) is 0 Å². The standard InChI is InChI=1S/C13H10FN3O3/c14-9-5-3-4-8(12(18)19)11(9)17-13(20)16-10-6-1-2-7-15-10/h1-7H,(H,18,19)(H2,15,16,17,20). The van der Waals surface area contributed by atoms with E-state index in [-0.39, 0.29) is 11.4 Å². The number of carboxylic acids is 1. The summed E-state index contributed by atoms with van der Waals surface area (Å²) >= 11 is 0. The summed E-state index contributed by atoms with van der Waals surface area (Å²) in [5.74, 6) is -1.91. The van der Waals surface area contributed by atoms with Gasteiger partial charge in [0.1, 0.15) is 11.6 Å². The number of nitrogens with zero attached hydrogens (tertiary/aromatic N) is 1. The molecule has 2 aromatic rings. The predicted octanol–water partition coefficient (Wildman–Crippen LogP) is 2.56. The summed E-state index contributed by atoms with van der Waals surface area (Å²) in [5.41, 5.74) is -0.727. The monoisotopic (exact) mass is 275 g/mol. The van der Waals surface area contributed by atoms with Crippen molar-refractivity contribution in [3.8, 4) is 0 Å². The molecule has 2 amide bonds. The van der Waals surface area contributed by atoms with Crippen LogP contribution < -0.4 is 10.6 Å². The summed E-state index contributed by atoms with van der Waals surface area (Å²) < 4.78 is 13.6. The Kier molecular flexibility index (Phi) is 3.90. The zero-order chi connectivity index (χ0) is 14.5. The van der Waals surface area contributed by atoms with Crippen molar-refractivity contribution in [2.24, 2.45) is 0 Å². The first kappa shape index (κ1) is 13.5. The van der Waals surface area contributed by atoms with Crippen LogP contribution in [-0.2, 0) is 0 Å². The van der Waals surface area contributed by atoms with Gasteiger partial charge in [0.25, 0.3) is 0 Å². The molecule has 0 aliphatic carbocycles. The Morgan fingerprint density at radius 3 is 2.55 bits per heavy atom. The molecule has 3 N–H and O–H groups in total. The van der Waals surface area contributed by atoms with E-state index in [9.17, 15) is 14.0 Å². The number of aromatic carboxylic acids is 1. The van der Waals surface area contributed by atoms with Gasteiger partial charge in [0.15, 0.2) is 0 Å². The molecule has 1 aromatic carbocycles. The van der Waals surface area contributed by atoms with E-state index in [0.717, 1.165) is 6.07 Å². The Hall–Kier alpha value is -2.96. The highest BCUT2D eigenvalue weighted by Crippen LogP contribution is 2.20. The molecule has 102 valence electrons. The number of carbonyl (C=O) groups is 2. The maximum absolute atomic E-state index is 13.6. The largest absolute Gasteiger partial charge is 0.478 e. The summed E-state index contributed by atoms with van der Waals surface area (Å²) in [6.07, 6.45) is 1.47. The molecule has 1 heterocycles. The lowest BCUT2D eigenvalue weighted by Gasteiger charge is -2.10. The molecule has 0 bridgehead atoms. The molecule has 7 heteroatoms. The second kappa shape index (κ2) is 5.79. The summed E-state index contributed by atoms with van der Waals surface area (Å²) in [6.45, 7) is 0. The molecule has 6 nitrogen and oxygen atoms in total. The highest BCUT2D eigenvalue weighted by molar-refractivity contribution is 6.04. The van der Waals surface area contributed by atoms with Gasteiger partial charge >= 0.3 is 12.0 Å². The number of halogens is 1. The molecule has 0 atom stereocenters. The molecule has 0 fully saturated rings. The Bertz CT molecular complexity index is 647. The van der Waals surface area contributed by atoms with Crippen LogP contribution in [0, 0.1) is 5.82 Å². The number of nitrogens with one attached hydrogen (secondary N) is 2. The normalized spacial score (nSPS) is 9.85. The van der Waals surface area contributed by atoms with Crippen LogP contribution in [0.3, 0.4) is 0 Å². The lowest BCUT2D eigenvalue weighted by atomic mass is 10.1.